The molecule has 1 aromatic carbocycles. The first-order valence-electron chi connectivity index (χ1n) is 6.05. The van der Waals surface area contributed by atoms with Crippen molar-refractivity contribution < 1.29 is 9.53 Å². The topological polar surface area (TPSA) is 38.3 Å². The average Bonchev–Trinajstić information content (AvgIpc) is 2.81. The lowest BCUT2D eigenvalue weighted by atomic mass is 10.1. The Bertz CT molecular complexity index is 433. The van der Waals surface area contributed by atoms with Gasteiger partial charge in [0, 0.05) is 22.5 Å². The van der Waals surface area contributed by atoms with Crippen LogP contribution in [0, 0.1) is 0 Å². The minimum absolute atomic E-state index is 0.0782. The largest absolute Gasteiger partial charge is 0.378 e. The van der Waals surface area contributed by atoms with Gasteiger partial charge in [0.1, 0.15) is 0 Å². The number of halogens is 1. The maximum absolute atomic E-state index is 11.9. The number of amides is 1. The van der Waals surface area contributed by atoms with Gasteiger partial charge in [0.25, 0.3) is 5.91 Å². The van der Waals surface area contributed by atoms with E-state index >= 15 is 0 Å². The molecule has 98 valence electrons. The number of nitrogens with one attached hydrogen (secondary N) is 1. The zero-order valence-corrected chi connectivity index (χ0v) is 12.5. The monoisotopic (exact) mass is 329 g/mol. The molecule has 3 nitrogen and oxygen atoms in total. The van der Waals surface area contributed by atoms with Crippen molar-refractivity contribution in [3.8, 4) is 0 Å². The molecule has 0 radical (unpaired) electrons. The van der Waals surface area contributed by atoms with Crippen molar-refractivity contribution in [3.05, 3.63) is 28.2 Å². The molecule has 18 heavy (non-hydrogen) atoms. The van der Waals surface area contributed by atoms with E-state index in [2.05, 4.69) is 33.9 Å². The van der Waals surface area contributed by atoms with Crippen molar-refractivity contribution in [1.82, 2.24) is 5.32 Å². The molecule has 5 heteroatoms. The first kappa shape index (κ1) is 13.9. The zero-order chi connectivity index (χ0) is 13.0. The quantitative estimate of drug-likeness (QED) is 0.833. The van der Waals surface area contributed by atoms with E-state index in [9.17, 15) is 4.79 Å². The summed E-state index contributed by atoms with van der Waals surface area (Å²) in [6.07, 6.45) is 3.42. The summed E-state index contributed by atoms with van der Waals surface area (Å²) in [7, 11) is 0. The lowest BCUT2D eigenvalue weighted by molar-refractivity contribution is 0.0905. The van der Waals surface area contributed by atoms with Crippen molar-refractivity contribution in [1.29, 1.82) is 0 Å². The van der Waals surface area contributed by atoms with Crippen molar-refractivity contribution >= 4 is 34.5 Å². The lowest BCUT2D eigenvalue weighted by Crippen LogP contribution is -2.27. The number of hydrogen-bond donors (Lipinski definition) is 2. The van der Waals surface area contributed by atoms with Crippen molar-refractivity contribution in [3.63, 3.8) is 0 Å². The molecule has 0 aliphatic carbocycles. The number of rotatable bonds is 4. The second-order valence-corrected chi connectivity index (χ2v) is 5.74. The summed E-state index contributed by atoms with van der Waals surface area (Å²) in [5.74, 6) is -0.0782. The van der Waals surface area contributed by atoms with Crippen LogP contribution >= 0.6 is 28.6 Å². The van der Waals surface area contributed by atoms with E-state index in [-0.39, 0.29) is 5.91 Å². The SMILES string of the molecule is O=C(NCCC1CCCO1)c1ccc(Br)cc1S. The van der Waals surface area contributed by atoms with Crippen LogP contribution in [0.2, 0.25) is 0 Å². The predicted molar refractivity (Wildman–Crippen MR) is 77.3 cm³/mol. The molecular weight excluding hydrogens is 314 g/mol. The molecule has 2 rings (SSSR count). The number of hydrogen-bond acceptors (Lipinski definition) is 3. The Labute approximate surface area is 121 Å². The van der Waals surface area contributed by atoms with E-state index < -0.39 is 0 Å². The summed E-state index contributed by atoms with van der Waals surface area (Å²) < 4.78 is 6.43. The summed E-state index contributed by atoms with van der Waals surface area (Å²) in [6.45, 7) is 1.50. The summed E-state index contributed by atoms with van der Waals surface area (Å²) in [5.41, 5.74) is 0.605. The zero-order valence-electron chi connectivity index (χ0n) is 9.99. The highest BCUT2D eigenvalue weighted by molar-refractivity contribution is 9.10. The van der Waals surface area contributed by atoms with Gasteiger partial charge in [-0.2, -0.15) is 0 Å². The molecule has 1 amide bonds. The van der Waals surface area contributed by atoms with Crippen LogP contribution in [0.3, 0.4) is 0 Å². The van der Waals surface area contributed by atoms with Crippen molar-refractivity contribution in [2.45, 2.75) is 30.3 Å². The lowest BCUT2D eigenvalue weighted by Gasteiger charge is -2.11. The molecule has 0 bridgehead atoms. The Kier molecular flexibility index (Phi) is 5.09. The van der Waals surface area contributed by atoms with Crippen LogP contribution in [0.5, 0.6) is 0 Å². The standard InChI is InChI=1S/C13H16BrNO2S/c14-9-3-4-11(12(18)8-9)13(16)15-6-5-10-2-1-7-17-10/h3-4,8,10,18H,1-2,5-7H2,(H,15,16). The molecule has 1 saturated heterocycles. The number of benzene rings is 1. The molecule has 1 aliphatic rings. The number of thiol groups is 1. The van der Waals surface area contributed by atoms with Crippen LogP contribution < -0.4 is 5.32 Å². The van der Waals surface area contributed by atoms with Crippen LogP contribution in [-0.2, 0) is 4.74 Å². The fourth-order valence-corrected chi connectivity index (χ4v) is 2.86. The van der Waals surface area contributed by atoms with E-state index in [1.807, 2.05) is 12.1 Å². The maximum atomic E-state index is 11.9. The van der Waals surface area contributed by atoms with E-state index in [1.54, 1.807) is 6.07 Å². The smallest absolute Gasteiger partial charge is 0.252 e. The Balaban J connectivity index is 1.83. The van der Waals surface area contributed by atoms with E-state index in [0.29, 0.717) is 23.1 Å². The molecule has 1 aliphatic heterocycles. The van der Waals surface area contributed by atoms with Crippen LogP contribution in [0.4, 0.5) is 0 Å². The first-order chi connectivity index (χ1) is 8.66. The number of ether oxygens (including phenoxy) is 1. The van der Waals surface area contributed by atoms with Crippen LogP contribution in [0.25, 0.3) is 0 Å². The molecule has 1 heterocycles. The van der Waals surface area contributed by atoms with Crippen molar-refractivity contribution in [2.24, 2.45) is 0 Å². The molecule has 1 aromatic rings. The van der Waals surface area contributed by atoms with Crippen LogP contribution in [-0.4, -0.2) is 25.2 Å². The Morgan fingerprint density at radius 1 is 1.56 bits per heavy atom. The molecule has 1 N–H and O–H groups in total. The average molecular weight is 330 g/mol. The summed E-state index contributed by atoms with van der Waals surface area (Å²) in [4.78, 5) is 12.6. The third kappa shape index (κ3) is 3.73. The molecule has 0 saturated carbocycles. The fraction of sp³-hybridized carbons (Fsp3) is 0.462. The molecule has 0 aromatic heterocycles. The Hall–Kier alpha value is -0.520. The highest BCUT2D eigenvalue weighted by Crippen LogP contribution is 2.20. The summed E-state index contributed by atoms with van der Waals surface area (Å²) >= 11 is 7.65. The highest BCUT2D eigenvalue weighted by atomic mass is 79.9. The summed E-state index contributed by atoms with van der Waals surface area (Å²) in [6, 6.07) is 5.43. The number of carbonyl (C=O) groups is 1. The molecule has 1 atom stereocenters. The Morgan fingerprint density at radius 3 is 3.06 bits per heavy atom. The minimum atomic E-state index is -0.0782. The fourth-order valence-electron chi connectivity index (χ4n) is 2.01. The normalized spacial score (nSPS) is 18.9. The van der Waals surface area contributed by atoms with Gasteiger partial charge in [-0.1, -0.05) is 15.9 Å². The first-order valence-corrected chi connectivity index (χ1v) is 7.29. The third-order valence-electron chi connectivity index (χ3n) is 2.98. The molecular formula is C13H16BrNO2S. The van der Waals surface area contributed by atoms with E-state index in [0.717, 1.165) is 30.3 Å². The van der Waals surface area contributed by atoms with Gasteiger partial charge >= 0.3 is 0 Å². The second kappa shape index (κ2) is 6.59. The predicted octanol–water partition coefficient (Wildman–Crippen LogP) is 3.04. The molecule has 1 unspecified atom stereocenters. The van der Waals surface area contributed by atoms with Crippen molar-refractivity contribution in [2.75, 3.05) is 13.2 Å². The summed E-state index contributed by atoms with van der Waals surface area (Å²) in [5, 5.41) is 2.90. The van der Waals surface area contributed by atoms with Gasteiger partial charge in [-0.3, -0.25) is 4.79 Å². The van der Waals surface area contributed by atoms with Gasteiger partial charge in [0.05, 0.1) is 11.7 Å². The van der Waals surface area contributed by atoms with E-state index in [4.69, 9.17) is 4.74 Å². The van der Waals surface area contributed by atoms with Crippen LogP contribution in [0.1, 0.15) is 29.6 Å². The van der Waals surface area contributed by atoms with Gasteiger partial charge in [-0.15, -0.1) is 12.6 Å². The minimum Gasteiger partial charge on any atom is -0.378 e. The van der Waals surface area contributed by atoms with Gasteiger partial charge < -0.3 is 10.1 Å². The van der Waals surface area contributed by atoms with E-state index in [1.165, 1.54) is 0 Å². The molecule has 1 fully saturated rings. The van der Waals surface area contributed by atoms with Gasteiger partial charge in [0.15, 0.2) is 0 Å². The Morgan fingerprint density at radius 2 is 2.39 bits per heavy atom. The van der Waals surface area contributed by atoms with Gasteiger partial charge in [-0.25, -0.2) is 0 Å². The van der Waals surface area contributed by atoms with Gasteiger partial charge in [-0.05, 0) is 37.5 Å². The second-order valence-electron chi connectivity index (χ2n) is 4.34. The third-order valence-corrected chi connectivity index (χ3v) is 3.84. The maximum Gasteiger partial charge on any atom is 0.252 e. The number of carbonyl (C=O) groups excluding carboxylic acids is 1. The highest BCUT2D eigenvalue weighted by Gasteiger charge is 2.16. The van der Waals surface area contributed by atoms with Gasteiger partial charge in [0.2, 0.25) is 0 Å². The van der Waals surface area contributed by atoms with Crippen LogP contribution in [0.15, 0.2) is 27.6 Å². The molecule has 0 spiro atoms.